The van der Waals surface area contributed by atoms with Crippen LogP contribution in [0.25, 0.3) is 22.0 Å². The van der Waals surface area contributed by atoms with Gasteiger partial charge in [-0.05, 0) is 110 Å². The van der Waals surface area contributed by atoms with Gasteiger partial charge in [0, 0.05) is 63.6 Å². The summed E-state index contributed by atoms with van der Waals surface area (Å²) in [4.78, 5) is 21.4. The van der Waals surface area contributed by atoms with E-state index in [1.807, 2.05) is 18.2 Å². The van der Waals surface area contributed by atoms with Crippen LogP contribution in [-0.2, 0) is 11.3 Å². The summed E-state index contributed by atoms with van der Waals surface area (Å²) < 4.78 is 26.2. The molecule has 51 heavy (non-hydrogen) atoms. The fourth-order valence-electron chi connectivity index (χ4n) is 12.2. The number of aromatic amines is 2. The Labute approximate surface area is 311 Å². The first-order chi connectivity index (χ1) is 23.2. The second-order valence-corrected chi connectivity index (χ2v) is 20.7. The van der Waals surface area contributed by atoms with Crippen molar-refractivity contribution in [2.75, 3.05) is 16.2 Å². The number of hydrogen-bond donors (Lipinski definition) is 3. The summed E-state index contributed by atoms with van der Waals surface area (Å²) in [5.41, 5.74) is 4.24. The minimum Gasteiger partial charge on any atom is -0.755 e. The molecule has 4 rings (SSSR count). The molecule has 1 saturated heterocycles. The van der Waals surface area contributed by atoms with Crippen molar-refractivity contribution in [1.82, 2.24) is 9.97 Å². The molecule has 0 bridgehead atoms. The predicted molar refractivity (Wildman–Crippen MR) is 218 cm³/mol. The maximum Gasteiger partial charge on any atom is 0.272 e. The first-order valence-electron chi connectivity index (χ1n) is 18.8. The number of aromatic nitrogens is 2. The molecule has 3 heterocycles. The van der Waals surface area contributed by atoms with Crippen LogP contribution in [0.1, 0.15) is 135 Å². The molecule has 0 radical (unpaired) electrons. The van der Waals surface area contributed by atoms with E-state index in [4.69, 9.17) is 0 Å². The standard InChI is InChI=1S/C43H68N4O3S/c1-16-20-39(8,9)43(40(10,11)23-29(2)3)27-37(4,5)26-42(14,15)47(28-38(6,7)25-41(43,12)13)34-18-17-30(46-51(49)50)22-32(34)33-24-45-36(48)35-31(33)19-21-44-35/h17-19,21-22,24,44,46H,2,16,20,23,25-28H2,1,3-15H3,(H,45,48)(H,49,50)/p-1. The van der Waals surface area contributed by atoms with E-state index in [0.717, 1.165) is 67.3 Å². The molecule has 8 heteroatoms. The second kappa shape index (κ2) is 13.9. The Balaban J connectivity index is 2.02. The Morgan fingerprint density at radius 2 is 1.59 bits per heavy atom. The molecule has 0 aliphatic carbocycles. The molecule has 1 aliphatic rings. The van der Waals surface area contributed by atoms with Crippen LogP contribution < -0.4 is 15.2 Å². The zero-order chi connectivity index (χ0) is 38.6. The third-order valence-electron chi connectivity index (χ3n) is 12.4. The maximum absolute atomic E-state index is 12.8. The summed E-state index contributed by atoms with van der Waals surface area (Å²) in [6.07, 6.45) is 9.85. The summed E-state index contributed by atoms with van der Waals surface area (Å²) in [5, 5.41) is 0.794. The number of benzene rings is 1. The first-order valence-corrected chi connectivity index (χ1v) is 19.9. The van der Waals surface area contributed by atoms with Gasteiger partial charge in [-0.15, -0.1) is 6.58 Å². The van der Waals surface area contributed by atoms with E-state index in [-0.39, 0.29) is 43.6 Å². The molecule has 1 aliphatic heterocycles. The smallest absolute Gasteiger partial charge is 0.272 e. The normalized spacial score (nSPS) is 22.8. The summed E-state index contributed by atoms with van der Waals surface area (Å²) in [5.74, 6) is 0. The number of anilines is 2. The lowest BCUT2D eigenvalue weighted by Crippen LogP contribution is -2.62. The third kappa shape index (κ3) is 7.93. The number of nitrogens with one attached hydrogen (secondary N) is 3. The summed E-state index contributed by atoms with van der Waals surface area (Å²) >= 11 is -2.48. The van der Waals surface area contributed by atoms with Crippen molar-refractivity contribution in [3.8, 4) is 11.1 Å². The number of hydrogen-bond acceptors (Lipinski definition) is 4. The minimum absolute atomic E-state index is 0.0127. The fraction of sp³-hybridized carbons (Fsp3) is 0.651. The van der Waals surface area contributed by atoms with Crippen LogP contribution in [0.3, 0.4) is 0 Å². The van der Waals surface area contributed by atoms with E-state index >= 15 is 0 Å². The molecule has 0 spiro atoms. The molecule has 7 nitrogen and oxygen atoms in total. The summed E-state index contributed by atoms with van der Waals surface area (Å²) in [7, 11) is 0. The number of rotatable bonds is 10. The van der Waals surface area contributed by atoms with Crippen LogP contribution in [0.4, 0.5) is 11.4 Å². The van der Waals surface area contributed by atoms with Crippen LogP contribution >= 0.6 is 0 Å². The fourth-order valence-corrected chi connectivity index (χ4v) is 12.5. The molecule has 0 amide bonds. The van der Waals surface area contributed by atoms with Gasteiger partial charge in [-0.3, -0.25) is 9.00 Å². The van der Waals surface area contributed by atoms with Gasteiger partial charge in [0.15, 0.2) is 0 Å². The highest BCUT2D eigenvalue weighted by Gasteiger charge is 2.64. The van der Waals surface area contributed by atoms with Gasteiger partial charge < -0.3 is 24.1 Å². The van der Waals surface area contributed by atoms with Crippen LogP contribution in [-0.4, -0.2) is 30.8 Å². The number of pyridine rings is 1. The van der Waals surface area contributed by atoms with Crippen molar-refractivity contribution in [1.29, 1.82) is 0 Å². The van der Waals surface area contributed by atoms with E-state index in [2.05, 4.69) is 129 Å². The quantitative estimate of drug-likeness (QED) is 0.143. The van der Waals surface area contributed by atoms with Gasteiger partial charge in [0.05, 0.1) is 0 Å². The first kappa shape index (κ1) is 40.9. The maximum atomic E-state index is 12.8. The lowest BCUT2D eigenvalue weighted by Gasteiger charge is -2.68. The Kier molecular flexibility index (Phi) is 11.1. The lowest BCUT2D eigenvalue weighted by molar-refractivity contribution is -0.186. The number of H-pyrrole nitrogens is 2. The summed E-state index contributed by atoms with van der Waals surface area (Å²) in [6, 6.07) is 7.73. The Hall–Kier alpha value is -2.84. The number of allylic oxidation sites excluding steroid dienone is 1. The SMILES string of the molecule is C=C(C)CC(C)(C)C1(C(C)(C)CCC)CC(C)(C)CC(C)(C)N(c2ccc(NS(=O)[O-])cc2-c2c[nH]c(=O)c3[nH]ccc23)CC(C)(C)CC1(C)C. The predicted octanol–water partition coefficient (Wildman–Crippen LogP) is 11.4. The molecule has 1 fully saturated rings. The van der Waals surface area contributed by atoms with Crippen LogP contribution in [0.5, 0.6) is 0 Å². The van der Waals surface area contributed by atoms with Crippen LogP contribution in [0, 0.1) is 32.5 Å². The highest BCUT2D eigenvalue weighted by molar-refractivity contribution is 7.80. The van der Waals surface area contributed by atoms with Gasteiger partial charge in [0.2, 0.25) is 0 Å². The average molecular weight is 720 g/mol. The molecule has 3 aromatic rings. The number of nitrogens with zero attached hydrogens (tertiary/aromatic N) is 1. The topological polar surface area (TPSA) is 104 Å². The summed E-state index contributed by atoms with van der Waals surface area (Å²) in [6.45, 7) is 39.6. The van der Waals surface area contributed by atoms with Crippen molar-refractivity contribution in [2.45, 2.75) is 141 Å². The van der Waals surface area contributed by atoms with Crippen LogP contribution in [0.2, 0.25) is 0 Å². The van der Waals surface area contributed by atoms with Gasteiger partial charge in [-0.2, -0.15) is 0 Å². The third-order valence-corrected chi connectivity index (χ3v) is 12.8. The van der Waals surface area contributed by atoms with E-state index in [1.165, 1.54) is 5.57 Å². The molecule has 1 aromatic carbocycles. The molecular formula is C43H67N4O3S-. The molecule has 2 aromatic heterocycles. The van der Waals surface area contributed by atoms with Gasteiger partial charge in [0.25, 0.3) is 5.56 Å². The Bertz CT molecular complexity index is 1830. The van der Waals surface area contributed by atoms with Gasteiger partial charge >= 0.3 is 0 Å². The van der Waals surface area contributed by atoms with Crippen LogP contribution in [0.15, 0.2) is 53.6 Å². The van der Waals surface area contributed by atoms with Gasteiger partial charge in [-0.1, -0.05) is 88.2 Å². The van der Waals surface area contributed by atoms with E-state index in [1.54, 1.807) is 12.4 Å². The molecular weight excluding hydrogens is 653 g/mol. The van der Waals surface area contributed by atoms with Crippen molar-refractivity contribution < 1.29 is 8.76 Å². The molecule has 284 valence electrons. The highest BCUT2D eigenvalue weighted by Crippen LogP contribution is 2.71. The zero-order valence-corrected chi connectivity index (χ0v) is 35.0. The minimum atomic E-state index is -2.48. The molecule has 2 atom stereocenters. The van der Waals surface area contributed by atoms with Crippen molar-refractivity contribution in [3.63, 3.8) is 0 Å². The van der Waals surface area contributed by atoms with E-state index in [0.29, 0.717) is 11.2 Å². The molecule has 3 N–H and O–H groups in total. The van der Waals surface area contributed by atoms with Gasteiger partial charge in [0.1, 0.15) is 5.52 Å². The average Bonchev–Trinajstić information content (AvgIpc) is 3.43. The molecule has 0 saturated carbocycles. The monoisotopic (exact) mass is 719 g/mol. The molecule has 2 unspecified atom stereocenters. The van der Waals surface area contributed by atoms with Gasteiger partial charge in [-0.25, -0.2) is 0 Å². The van der Waals surface area contributed by atoms with E-state index in [9.17, 15) is 13.6 Å². The highest BCUT2D eigenvalue weighted by atomic mass is 32.2. The van der Waals surface area contributed by atoms with Crippen molar-refractivity contribution in [3.05, 3.63) is 59.2 Å². The van der Waals surface area contributed by atoms with E-state index < -0.39 is 11.3 Å². The largest absolute Gasteiger partial charge is 0.755 e. The Morgan fingerprint density at radius 1 is 0.941 bits per heavy atom. The Morgan fingerprint density at radius 3 is 2.18 bits per heavy atom. The van der Waals surface area contributed by atoms with Crippen molar-refractivity contribution in [2.24, 2.45) is 32.5 Å². The zero-order valence-electron chi connectivity index (χ0n) is 34.2. The number of fused-ring (bicyclic) bond motifs is 1. The van der Waals surface area contributed by atoms with Crippen molar-refractivity contribution >= 4 is 33.5 Å². The lowest BCUT2D eigenvalue weighted by atomic mass is 9.37. The second-order valence-electron chi connectivity index (χ2n) is 20.1.